The third kappa shape index (κ3) is 4.69. The van der Waals surface area contributed by atoms with Gasteiger partial charge >= 0.3 is 0 Å². The second kappa shape index (κ2) is 8.68. The molecular weight excluding hydrogens is 327 g/mol. The number of methoxy groups -OCH3 is 2. The van der Waals surface area contributed by atoms with Crippen molar-refractivity contribution in [1.29, 1.82) is 0 Å². The van der Waals surface area contributed by atoms with Gasteiger partial charge in [0, 0.05) is 18.7 Å². The molecule has 0 bridgehead atoms. The number of nitrogens with one attached hydrogen (secondary N) is 2. The van der Waals surface area contributed by atoms with Crippen LogP contribution in [0.3, 0.4) is 0 Å². The molecule has 0 aliphatic rings. The first-order chi connectivity index (χ1) is 12.1. The summed E-state index contributed by atoms with van der Waals surface area (Å²) < 4.78 is 23.2. The zero-order valence-corrected chi connectivity index (χ0v) is 14.0. The standard InChI is InChI=1S/C18H19FN2O4/c1-24-14-4-3-5-15(25-2)16(14)18(23)21-11-10-20-17(22)12-6-8-13(19)9-7-12/h3-9H,10-11H2,1-2H3,(H,20,22)(H,21,23). The third-order valence-corrected chi connectivity index (χ3v) is 3.46. The van der Waals surface area contributed by atoms with E-state index in [4.69, 9.17) is 9.47 Å². The molecule has 7 heteroatoms. The van der Waals surface area contributed by atoms with Gasteiger partial charge in [0.1, 0.15) is 22.9 Å². The number of hydrogen-bond acceptors (Lipinski definition) is 4. The van der Waals surface area contributed by atoms with E-state index in [-0.39, 0.29) is 30.5 Å². The number of hydrogen-bond donors (Lipinski definition) is 2. The summed E-state index contributed by atoms with van der Waals surface area (Å²) in [5.41, 5.74) is 0.636. The van der Waals surface area contributed by atoms with Crippen molar-refractivity contribution in [1.82, 2.24) is 10.6 Å². The first-order valence-electron chi connectivity index (χ1n) is 7.59. The molecule has 2 aromatic rings. The van der Waals surface area contributed by atoms with E-state index in [2.05, 4.69) is 10.6 Å². The number of carbonyl (C=O) groups is 2. The van der Waals surface area contributed by atoms with E-state index < -0.39 is 5.82 Å². The lowest BCUT2D eigenvalue weighted by Crippen LogP contribution is -2.35. The van der Waals surface area contributed by atoms with Crippen LogP contribution in [0.1, 0.15) is 20.7 Å². The molecule has 132 valence electrons. The quantitative estimate of drug-likeness (QED) is 0.752. The number of amides is 2. The fourth-order valence-electron chi connectivity index (χ4n) is 2.22. The van der Waals surface area contributed by atoms with Crippen molar-refractivity contribution in [3.63, 3.8) is 0 Å². The van der Waals surface area contributed by atoms with Gasteiger partial charge in [-0.2, -0.15) is 0 Å². The number of carbonyl (C=O) groups excluding carboxylic acids is 2. The molecule has 0 unspecified atom stereocenters. The molecule has 2 aromatic carbocycles. The van der Waals surface area contributed by atoms with E-state index in [0.29, 0.717) is 17.1 Å². The summed E-state index contributed by atoms with van der Waals surface area (Å²) in [6.07, 6.45) is 0. The molecule has 2 amide bonds. The first kappa shape index (κ1) is 18.3. The van der Waals surface area contributed by atoms with Crippen LogP contribution in [0.2, 0.25) is 0 Å². The van der Waals surface area contributed by atoms with Crippen molar-refractivity contribution in [2.75, 3.05) is 27.3 Å². The zero-order chi connectivity index (χ0) is 18.2. The van der Waals surface area contributed by atoms with Crippen molar-refractivity contribution >= 4 is 11.8 Å². The fourth-order valence-corrected chi connectivity index (χ4v) is 2.22. The topological polar surface area (TPSA) is 76.7 Å². The number of benzene rings is 2. The summed E-state index contributed by atoms with van der Waals surface area (Å²) in [5, 5.41) is 5.33. The van der Waals surface area contributed by atoms with Gasteiger partial charge in [-0.15, -0.1) is 0 Å². The Kier molecular flexibility index (Phi) is 6.33. The Bertz CT molecular complexity index is 725. The van der Waals surface area contributed by atoms with Crippen LogP contribution in [0, 0.1) is 5.82 Å². The van der Waals surface area contributed by atoms with Crippen molar-refractivity contribution in [2.45, 2.75) is 0 Å². The number of halogens is 1. The maximum atomic E-state index is 12.8. The molecule has 25 heavy (non-hydrogen) atoms. The highest BCUT2D eigenvalue weighted by atomic mass is 19.1. The van der Waals surface area contributed by atoms with E-state index in [1.807, 2.05) is 0 Å². The third-order valence-electron chi connectivity index (χ3n) is 3.46. The molecular formula is C18H19FN2O4. The summed E-state index contributed by atoms with van der Waals surface area (Å²) >= 11 is 0. The Labute approximate surface area is 144 Å². The highest BCUT2D eigenvalue weighted by Crippen LogP contribution is 2.27. The highest BCUT2D eigenvalue weighted by Gasteiger charge is 2.17. The van der Waals surface area contributed by atoms with Gasteiger partial charge in [-0.3, -0.25) is 9.59 Å². The van der Waals surface area contributed by atoms with Crippen LogP contribution in [0.4, 0.5) is 4.39 Å². The average molecular weight is 346 g/mol. The summed E-state index contributed by atoms with van der Waals surface area (Å²) in [4.78, 5) is 24.2. The van der Waals surface area contributed by atoms with Gasteiger partial charge in [0.25, 0.3) is 11.8 Å². The molecule has 0 heterocycles. The summed E-state index contributed by atoms with van der Waals surface area (Å²) in [7, 11) is 2.93. The Morgan fingerprint density at radius 2 is 1.40 bits per heavy atom. The lowest BCUT2D eigenvalue weighted by atomic mass is 10.1. The predicted octanol–water partition coefficient (Wildman–Crippen LogP) is 2.00. The van der Waals surface area contributed by atoms with E-state index in [1.54, 1.807) is 18.2 Å². The molecule has 0 atom stereocenters. The number of ether oxygens (including phenoxy) is 2. The second-order valence-corrected chi connectivity index (χ2v) is 5.06. The van der Waals surface area contributed by atoms with Crippen LogP contribution in [0.5, 0.6) is 11.5 Å². The zero-order valence-electron chi connectivity index (χ0n) is 14.0. The Morgan fingerprint density at radius 1 is 0.880 bits per heavy atom. The van der Waals surface area contributed by atoms with Crippen LogP contribution in [0.25, 0.3) is 0 Å². The van der Waals surface area contributed by atoms with Gasteiger partial charge in [-0.25, -0.2) is 4.39 Å². The average Bonchev–Trinajstić information content (AvgIpc) is 2.64. The molecule has 0 aliphatic carbocycles. The SMILES string of the molecule is COc1cccc(OC)c1C(=O)NCCNC(=O)c1ccc(F)cc1. The molecule has 0 saturated carbocycles. The van der Waals surface area contributed by atoms with Crippen molar-refractivity contribution in [3.8, 4) is 11.5 Å². The first-order valence-corrected chi connectivity index (χ1v) is 7.59. The van der Waals surface area contributed by atoms with Crippen LogP contribution < -0.4 is 20.1 Å². The largest absolute Gasteiger partial charge is 0.496 e. The maximum absolute atomic E-state index is 12.8. The van der Waals surface area contributed by atoms with Gasteiger partial charge < -0.3 is 20.1 Å². The highest BCUT2D eigenvalue weighted by molar-refractivity contribution is 5.99. The summed E-state index contributed by atoms with van der Waals surface area (Å²) in [6, 6.07) is 10.3. The molecule has 0 aliphatic heterocycles. The van der Waals surface area contributed by atoms with Gasteiger partial charge in [0.2, 0.25) is 0 Å². The molecule has 0 spiro atoms. The Hall–Kier alpha value is -3.09. The second-order valence-electron chi connectivity index (χ2n) is 5.06. The van der Waals surface area contributed by atoms with Gasteiger partial charge in [0.05, 0.1) is 14.2 Å². The minimum Gasteiger partial charge on any atom is -0.496 e. The Balaban J connectivity index is 1.89. The van der Waals surface area contributed by atoms with Crippen LogP contribution in [0.15, 0.2) is 42.5 Å². The van der Waals surface area contributed by atoms with E-state index in [9.17, 15) is 14.0 Å². The normalized spacial score (nSPS) is 10.0. The predicted molar refractivity (Wildman–Crippen MR) is 90.6 cm³/mol. The van der Waals surface area contributed by atoms with E-state index in [0.717, 1.165) is 0 Å². The molecule has 2 N–H and O–H groups in total. The maximum Gasteiger partial charge on any atom is 0.258 e. The summed E-state index contributed by atoms with van der Waals surface area (Å²) in [6.45, 7) is 0.437. The molecule has 2 rings (SSSR count). The van der Waals surface area contributed by atoms with E-state index >= 15 is 0 Å². The fraction of sp³-hybridized carbons (Fsp3) is 0.222. The van der Waals surface area contributed by atoms with Crippen molar-refractivity contribution < 1.29 is 23.5 Å². The van der Waals surface area contributed by atoms with Crippen molar-refractivity contribution in [3.05, 3.63) is 59.4 Å². The lowest BCUT2D eigenvalue weighted by molar-refractivity contribution is 0.0924. The molecule has 6 nitrogen and oxygen atoms in total. The monoisotopic (exact) mass is 346 g/mol. The van der Waals surface area contributed by atoms with Gasteiger partial charge in [0.15, 0.2) is 0 Å². The molecule has 0 aromatic heterocycles. The van der Waals surface area contributed by atoms with Crippen LogP contribution >= 0.6 is 0 Å². The molecule has 0 saturated heterocycles. The molecule has 0 fully saturated rings. The Morgan fingerprint density at radius 3 is 1.92 bits per heavy atom. The van der Waals surface area contributed by atoms with E-state index in [1.165, 1.54) is 38.5 Å². The smallest absolute Gasteiger partial charge is 0.258 e. The number of rotatable bonds is 7. The van der Waals surface area contributed by atoms with Crippen molar-refractivity contribution in [2.24, 2.45) is 0 Å². The summed E-state index contributed by atoms with van der Waals surface area (Å²) in [5.74, 6) is -0.330. The minimum absolute atomic E-state index is 0.215. The van der Waals surface area contributed by atoms with Crippen LogP contribution in [-0.2, 0) is 0 Å². The lowest BCUT2D eigenvalue weighted by Gasteiger charge is -2.13. The minimum atomic E-state index is -0.408. The molecule has 0 radical (unpaired) electrons. The van der Waals surface area contributed by atoms with Gasteiger partial charge in [-0.1, -0.05) is 6.07 Å². The van der Waals surface area contributed by atoms with Crippen LogP contribution in [-0.4, -0.2) is 39.1 Å². The van der Waals surface area contributed by atoms with Gasteiger partial charge in [-0.05, 0) is 36.4 Å².